The fourth-order valence-electron chi connectivity index (χ4n) is 3.88. The van der Waals surface area contributed by atoms with Gasteiger partial charge in [-0.25, -0.2) is 0 Å². The maximum Gasteiger partial charge on any atom is 0.250 e. The van der Waals surface area contributed by atoms with Crippen molar-refractivity contribution in [2.75, 3.05) is 18.4 Å². The molecule has 1 fully saturated rings. The molecular weight excluding hydrogens is 414 g/mol. The Balaban J connectivity index is 1.39. The first-order valence-corrected chi connectivity index (χ1v) is 11.3. The van der Waals surface area contributed by atoms with Crippen molar-refractivity contribution in [3.05, 3.63) is 39.3 Å². The van der Waals surface area contributed by atoms with Crippen LogP contribution in [0.5, 0.6) is 0 Å². The van der Waals surface area contributed by atoms with E-state index in [0.717, 1.165) is 41.1 Å². The Morgan fingerprint density at radius 1 is 1.36 bits per heavy atom. The van der Waals surface area contributed by atoms with E-state index >= 15 is 0 Å². The normalized spacial score (nSPS) is 21.7. The highest BCUT2D eigenvalue weighted by Gasteiger charge is 2.35. The van der Waals surface area contributed by atoms with Crippen molar-refractivity contribution in [2.24, 2.45) is 5.92 Å². The molecular formula is C18H21N5O2S3. The molecule has 28 heavy (non-hydrogen) atoms. The number of amides is 1. The monoisotopic (exact) mass is 435 g/mol. The van der Waals surface area contributed by atoms with E-state index in [0.29, 0.717) is 17.0 Å². The van der Waals surface area contributed by atoms with Crippen LogP contribution in [-0.2, 0) is 11.3 Å². The van der Waals surface area contributed by atoms with Gasteiger partial charge in [0.2, 0.25) is 11.0 Å². The molecule has 0 unspecified atom stereocenters. The number of carbonyl (C=O) groups excluding carboxylic acids is 1. The zero-order valence-electron chi connectivity index (χ0n) is 15.6. The SMILES string of the molecule is Cc1nnc(NC(=O)[C@H](C)SC(=S)N2C[C@H]3C[C@@H](C2)c2cccc(=O)n2C3)s1. The average Bonchev–Trinajstić information content (AvgIpc) is 3.07. The summed E-state index contributed by atoms with van der Waals surface area (Å²) in [6.07, 6.45) is 1.08. The largest absolute Gasteiger partial charge is 0.356 e. The van der Waals surface area contributed by atoms with Crippen LogP contribution < -0.4 is 10.9 Å². The molecule has 10 heteroatoms. The second-order valence-electron chi connectivity index (χ2n) is 7.24. The molecule has 0 aromatic carbocycles. The Morgan fingerprint density at radius 2 is 2.18 bits per heavy atom. The van der Waals surface area contributed by atoms with Gasteiger partial charge in [0.1, 0.15) is 9.33 Å². The van der Waals surface area contributed by atoms with Crippen molar-refractivity contribution in [2.45, 2.75) is 38.0 Å². The molecule has 148 valence electrons. The van der Waals surface area contributed by atoms with Crippen LogP contribution in [0.15, 0.2) is 23.0 Å². The fraction of sp³-hybridized carbons (Fsp3) is 0.500. The minimum atomic E-state index is -0.326. The number of rotatable bonds is 3. The molecule has 2 aliphatic rings. The van der Waals surface area contributed by atoms with Gasteiger partial charge in [0.15, 0.2) is 0 Å². The summed E-state index contributed by atoms with van der Waals surface area (Å²) >= 11 is 8.40. The molecule has 2 bridgehead atoms. The lowest BCUT2D eigenvalue weighted by atomic mass is 9.83. The van der Waals surface area contributed by atoms with Crippen molar-refractivity contribution in [1.29, 1.82) is 0 Å². The van der Waals surface area contributed by atoms with E-state index in [9.17, 15) is 9.59 Å². The lowest BCUT2D eigenvalue weighted by Gasteiger charge is -2.43. The molecule has 1 saturated heterocycles. The van der Waals surface area contributed by atoms with E-state index in [1.807, 2.05) is 30.5 Å². The molecule has 4 rings (SSSR count). The van der Waals surface area contributed by atoms with Crippen molar-refractivity contribution >= 4 is 50.7 Å². The van der Waals surface area contributed by atoms with Crippen LogP contribution in [0.2, 0.25) is 0 Å². The highest BCUT2D eigenvalue weighted by atomic mass is 32.2. The molecule has 2 aromatic heterocycles. The summed E-state index contributed by atoms with van der Waals surface area (Å²) in [5, 5.41) is 11.6. The summed E-state index contributed by atoms with van der Waals surface area (Å²) in [4.78, 5) is 26.8. The predicted molar refractivity (Wildman–Crippen MR) is 116 cm³/mol. The van der Waals surface area contributed by atoms with Crippen LogP contribution in [0.4, 0.5) is 5.13 Å². The van der Waals surface area contributed by atoms with Crippen LogP contribution in [0, 0.1) is 12.8 Å². The fourth-order valence-corrected chi connectivity index (χ4v) is 5.82. The Labute approximate surface area is 176 Å². The maximum atomic E-state index is 12.4. The summed E-state index contributed by atoms with van der Waals surface area (Å²) in [7, 11) is 0. The third kappa shape index (κ3) is 3.99. The molecule has 0 spiro atoms. The lowest BCUT2D eigenvalue weighted by Crippen LogP contribution is -2.48. The number of aromatic nitrogens is 3. The van der Waals surface area contributed by atoms with Gasteiger partial charge in [0.25, 0.3) is 5.56 Å². The Morgan fingerprint density at radius 3 is 2.93 bits per heavy atom. The Bertz CT molecular complexity index is 972. The van der Waals surface area contributed by atoms with E-state index in [2.05, 4.69) is 20.4 Å². The number of anilines is 1. The van der Waals surface area contributed by atoms with Crippen LogP contribution >= 0.6 is 35.3 Å². The quantitative estimate of drug-likeness (QED) is 0.742. The number of nitrogens with zero attached hydrogens (tertiary/aromatic N) is 4. The number of nitrogens with one attached hydrogen (secondary N) is 1. The second-order valence-corrected chi connectivity index (χ2v) is 10.4. The van der Waals surface area contributed by atoms with Gasteiger partial charge in [0, 0.05) is 37.3 Å². The molecule has 3 atom stereocenters. The first-order valence-electron chi connectivity index (χ1n) is 9.17. The minimum Gasteiger partial charge on any atom is -0.356 e. The number of piperidine rings is 1. The number of pyridine rings is 1. The van der Waals surface area contributed by atoms with Crippen LogP contribution in [0.25, 0.3) is 0 Å². The average molecular weight is 436 g/mol. The van der Waals surface area contributed by atoms with Gasteiger partial charge in [-0.2, -0.15) is 0 Å². The predicted octanol–water partition coefficient (Wildman–Crippen LogP) is 2.47. The summed E-state index contributed by atoms with van der Waals surface area (Å²) in [5.41, 5.74) is 1.17. The van der Waals surface area contributed by atoms with E-state index in [4.69, 9.17) is 12.2 Å². The van der Waals surface area contributed by atoms with Crippen molar-refractivity contribution in [3.63, 3.8) is 0 Å². The van der Waals surface area contributed by atoms with Gasteiger partial charge in [0.05, 0.1) is 5.25 Å². The van der Waals surface area contributed by atoms with Crippen molar-refractivity contribution in [3.8, 4) is 0 Å². The third-order valence-corrected chi connectivity index (χ3v) is 7.47. The Hall–Kier alpha value is -1.78. The first-order chi connectivity index (χ1) is 13.4. The number of aryl methyl sites for hydroxylation is 1. The number of fused-ring (bicyclic) bond motifs is 4. The third-order valence-electron chi connectivity index (χ3n) is 5.14. The number of thiocarbonyl (C=S) groups is 1. The summed E-state index contributed by atoms with van der Waals surface area (Å²) in [5.74, 6) is 0.574. The van der Waals surface area contributed by atoms with Gasteiger partial charge in [-0.1, -0.05) is 41.4 Å². The molecule has 0 aliphatic carbocycles. The number of carbonyl (C=O) groups is 1. The summed E-state index contributed by atoms with van der Waals surface area (Å²) < 4.78 is 2.64. The second kappa shape index (κ2) is 7.92. The van der Waals surface area contributed by atoms with E-state index in [1.165, 1.54) is 23.1 Å². The van der Waals surface area contributed by atoms with Crippen molar-refractivity contribution in [1.82, 2.24) is 19.7 Å². The molecule has 1 amide bonds. The first kappa shape index (κ1) is 19.5. The standard InChI is InChI=1S/C18H21N5O2S3/c1-10(16(25)19-17-21-20-11(2)28-17)27-18(26)22-7-12-6-13(9-22)14-4-3-5-15(24)23(14)8-12/h3-5,10,12-13H,6-9H2,1-2H3,(H,19,21,25)/t10-,12+,13-/m0/s1. The molecule has 2 aliphatic heterocycles. The summed E-state index contributed by atoms with van der Waals surface area (Å²) in [6, 6.07) is 5.51. The highest BCUT2D eigenvalue weighted by Crippen LogP contribution is 2.36. The molecule has 2 aromatic rings. The number of thioether (sulfide) groups is 1. The smallest absolute Gasteiger partial charge is 0.250 e. The topological polar surface area (TPSA) is 80.1 Å². The van der Waals surface area contributed by atoms with E-state index in [-0.39, 0.29) is 16.7 Å². The highest BCUT2D eigenvalue weighted by molar-refractivity contribution is 8.23. The number of hydrogen-bond acceptors (Lipinski definition) is 7. The number of hydrogen-bond donors (Lipinski definition) is 1. The molecule has 0 radical (unpaired) electrons. The van der Waals surface area contributed by atoms with Gasteiger partial charge < -0.3 is 9.47 Å². The Kier molecular flexibility index (Phi) is 5.52. The molecule has 0 saturated carbocycles. The van der Waals surface area contributed by atoms with Gasteiger partial charge in [-0.3, -0.25) is 14.9 Å². The molecule has 4 heterocycles. The van der Waals surface area contributed by atoms with Crippen molar-refractivity contribution < 1.29 is 4.79 Å². The van der Waals surface area contributed by atoms with Crippen LogP contribution in [0.3, 0.4) is 0 Å². The zero-order chi connectivity index (χ0) is 19.8. The lowest BCUT2D eigenvalue weighted by molar-refractivity contribution is -0.115. The molecule has 1 N–H and O–H groups in total. The minimum absolute atomic E-state index is 0.0785. The van der Waals surface area contributed by atoms with Gasteiger partial charge in [-0.15, -0.1) is 10.2 Å². The maximum absolute atomic E-state index is 12.4. The van der Waals surface area contributed by atoms with Crippen LogP contribution in [0.1, 0.15) is 30.0 Å². The van der Waals surface area contributed by atoms with E-state index in [1.54, 1.807) is 6.07 Å². The van der Waals surface area contributed by atoms with Gasteiger partial charge in [-0.05, 0) is 32.3 Å². The van der Waals surface area contributed by atoms with E-state index < -0.39 is 0 Å². The van der Waals surface area contributed by atoms with Gasteiger partial charge >= 0.3 is 0 Å². The van der Waals surface area contributed by atoms with Crippen LogP contribution in [-0.4, -0.2) is 48.2 Å². The zero-order valence-corrected chi connectivity index (χ0v) is 18.1. The number of likely N-dealkylation sites (tertiary alicyclic amines) is 1. The summed E-state index contributed by atoms with van der Waals surface area (Å²) in [6.45, 7) is 6.05. The molecule has 7 nitrogen and oxygen atoms in total.